The number of H-pyrrole nitrogens is 1. The van der Waals surface area contributed by atoms with Gasteiger partial charge in [-0.25, -0.2) is 13.2 Å². The smallest absolute Gasteiger partial charge is 0.270 e. The third kappa shape index (κ3) is 4.24. The second-order valence-electron chi connectivity index (χ2n) is 11.3. The molecule has 2 aromatic carbocycles. The molecule has 3 amide bonds. The Labute approximate surface area is 234 Å². The van der Waals surface area contributed by atoms with Crippen LogP contribution in [0.25, 0.3) is 10.9 Å². The molecular formula is C30H28F3N5O3. The molecule has 3 heterocycles. The number of aromatic amines is 1. The molecule has 0 radical (unpaired) electrons. The van der Waals surface area contributed by atoms with E-state index in [1.54, 1.807) is 18.2 Å². The number of nitrogens with one attached hydrogen (secondary N) is 2. The van der Waals surface area contributed by atoms with Crippen LogP contribution in [0.4, 0.5) is 18.9 Å². The van der Waals surface area contributed by atoms with Crippen molar-refractivity contribution in [3.05, 3.63) is 65.1 Å². The van der Waals surface area contributed by atoms with E-state index in [0.29, 0.717) is 18.2 Å². The van der Waals surface area contributed by atoms with Crippen LogP contribution in [-0.4, -0.2) is 58.2 Å². The molecular weight excluding hydrogens is 535 g/mol. The first-order valence-corrected chi connectivity index (χ1v) is 13.7. The average Bonchev–Trinajstić information content (AvgIpc) is 3.76. The van der Waals surface area contributed by atoms with Crippen molar-refractivity contribution in [2.45, 2.75) is 56.0 Å². The van der Waals surface area contributed by atoms with E-state index in [9.17, 15) is 32.8 Å². The molecule has 3 atom stereocenters. The number of benzene rings is 2. The molecule has 1 saturated carbocycles. The van der Waals surface area contributed by atoms with Gasteiger partial charge in [-0.1, -0.05) is 43.9 Å². The standard InChI is InChI=1S/C30H28F3N5O3/c1-37(27(39)23-11-18-20(31)12-21(32)25(33)26(18)35-23)24(10-16-6-2-3-7-16)28(40)38-15-30(13-17(38)14-34)19-8-4-5-9-22(19)36-29(30)41/h4-5,8-9,11-12,16-17,24,35H,2-3,6-7,10,13,15H2,1H3,(H,36,41)/t17-,24?,30-/m0/s1. The number of likely N-dealkylation sites (N-methyl/N-ethyl adjacent to an activating group) is 1. The first-order chi connectivity index (χ1) is 19.6. The van der Waals surface area contributed by atoms with Crippen LogP contribution in [0, 0.1) is 34.7 Å². The second-order valence-corrected chi connectivity index (χ2v) is 11.3. The predicted molar refractivity (Wildman–Crippen MR) is 143 cm³/mol. The van der Waals surface area contributed by atoms with Gasteiger partial charge in [0, 0.05) is 37.2 Å². The highest BCUT2D eigenvalue weighted by Crippen LogP contribution is 2.46. The highest BCUT2D eigenvalue weighted by Gasteiger charge is 2.56. The van der Waals surface area contributed by atoms with Crippen molar-refractivity contribution < 1.29 is 27.6 Å². The van der Waals surface area contributed by atoms with E-state index >= 15 is 0 Å². The maximum atomic E-state index is 14.4. The highest BCUT2D eigenvalue weighted by molar-refractivity contribution is 6.07. The number of halogens is 3. The van der Waals surface area contributed by atoms with E-state index in [1.807, 2.05) is 6.07 Å². The normalized spacial score (nSPS) is 22.7. The largest absolute Gasteiger partial charge is 0.348 e. The number of para-hydroxylation sites is 1. The second kappa shape index (κ2) is 9.94. The molecule has 0 bridgehead atoms. The number of amides is 3. The first-order valence-electron chi connectivity index (χ1n) is 13.7. The van der Waals surface area contributed by atoms with Gasteiger partial charge in [0.15, 0.2) is 11.6 Å². The molecule has 1 aliphatic carbocycles. The Hall–Kier alpha value is -4.33. The highest BCUT2D eigenvalue weighted by atomic mass is 19.2. The molecule has 1 spiro atoms. The number of nitriles is 1. The van der Waals surface area contributed by atoms with Gasteiger partial charge in [0.25, 0.3) is 5.91 Å². The van der Waals surface area contributed by atoms with Gasteiger partial charge < -0.3 is 20.1 Å². The number of carbonyl (C=O) groups is 3. The van der Waals surface area contributed by atoms with E-state index in [1.165, 1.54) is 16.8 Å². The summed E-state index contributed by atoms with van der Waals surface area (Å²) in [5.41, 5.74) is -0.382. The quantitative estimate of drug-likeness (QED) is 0.442. The monoisotopic (exact) mass is 563 g/mol. The lowest BCUT2D eigenvalue weighted by Crippen LogP contribution is -2.52. The molecule has 1 aromatic heterocycles. The third-order valence-corrected chi connectivity index (χ3v) is 9.01. The summed E-state index contributed by atoms with van der Waals surface area (Å²) in [6.07, 6.45) is 4.23. The molecule has 2 N–H and O–H groups in total. The van der Waals surface area contributed by atoms with Gasteiger partial charge >= 0.3 is 0 Å². The fourth-order valence-corrected chi connectivity index (χ4v) is 6.80. The van der Waals surface area contributed by atoms with E-state index in [-0.39, 0.29) is 35.9 Å². The maximum Gasteiger partial charge on any atom is 0.270 e. The van der Waals surface area contributed by atoms with Crippen LogP contribution in [0.3, 0.4) is 0 Å². The third-order valence-electron chi connectivity index (χ3n) is 9.01. The number of nitrogens with zero attached hydrogens (tertiary/aromatic N) is 3. The Kier molecular flexibility index (Phi) is 6.52. The van der Waals surface area contributed by atoms with Crippen molar-refractivity contribution in [1.29, 1.82) is 5.26 Å². The van der Waals surface area contributed by atoms with Gasteiger partial charge in [0.05, 0.1) is 17.0 Å². The zero-order valence-electron chi connectivity index (χ0n) is 22.3. The molecule has 3 aromatic rings. The molecule has 6 rings (SSSR count). The summed E-state index contributed by atoms with van der Waals surface area (Å²) in [5, 5.41) is 12.6. The Morgan fingerprint density at radius 1 is 1.17 bits per heavy atom. The topological polar surface area (TPSA) is 109 Å². The number of fused-ring (bicyclic) bond motifs is 3. The van der Waals surface area contributed by atoms with Crippen molar-refractivity contribution in [2.24, 2.45) is 5.92 Å². The number of likely N-dealkylation sites (tertiary alicyclic amines) is 1. The molecule has 1 saturated heterocycles. The zero-order valence-corrected chi connectivity index (χ0v) is 22.3. The number of rotatable bonds is 5. The molecule has 2 aliphatic heterocycles. The number of anilines is 1. The van der Waals surface area contributed by atoms with Gasteiger partial charge in [0.2, 0.25) is 11.8 Å². The van der Waals surface area contributed by atoms with Crippen LogP contribution in [-0.2, 0) is 15.0 Å². The summed E-state index contributed by atoms with van der Waals surface area (Å²) in [6, 6.07) is 9.01. The minimum Gasteiger partial charge on any atom is -0.348 e. The van der Waals surface area contributed by atoms with Crippen LogP contribution in [0.2, 0.25) is 0 Å². The Bertz CT molecular complexity index is 1630. The van der Waals surface area contributed by atoms with Gasteiger partial charge in [0.1, 0.15) is 23.6 Å². The van der Waals surface area contributed by atoms with Gasteiger partial charge in [-0.05, 0) is 30.0 Å². The maximum absolute atomic E-state index is 14.4. The van der Waals surface area contributed by atoms with Crippen molar-refractivity contribution in [3.63, 3.8) is 0 Å². The fourth-order valence-electron chi connectivity index (χ4n) is 6.80. The van der Waals surface area contributed by atoms with E-state index in [0.717, 1.165) is 37.3 Å². The van der Waals surface area contributed by atoms with Crippen LogP contribution >= 0.6 is 0 Å². The summed E-state index contributed by atoms with van der Waals surface area (Å²) >= 11 is 0. The molecule has 2 fully saturated rings. The molecule has 8 nitrogen and oxygen atoms in total. The Morgan fingerprint density at radius 3 is 2.63 bits per heavy atom. The average molecular weight is 564 g/mol. The van der Waals surface area contributed by atoms with Crippen LogP contribution in [0.1, 0.15) is 54.6 Å². The van der Waals surface area contributed by atoms with E-state index in [4.69, 9.17) is 0 Å². The molecule has 41 heavy (non-hydrogen) atoms. The van der Waals surface area contributed by atoms with Crippen molar-refractivity contribution in [2.75, 3.05) is 18.9 Å². The summed E-state index contributed by atoms with van der Waals surface area (Å²) in [5.74, 6) is -5.00. The Morgan fingerprint density at radius 2 is 1.90 bits per heavy atom. The van der Waals surface area contributed by atoms with Crippen LogP contribution < -0.4 is 5.32 Å². The van der Waals surface area contributed by atoms with Crippen molar-refractivity contribution in [1.82, 2.24) is 14.8 Å². The minimum atomic E-state index is -1.39. The van der Waals surface area contributed by atoms with Crippen molar-refractivity contribution in [3.8, 4) is 6.07 Å². The van der Waals surface area contributed by atoms with Gasteiger partial charge in [-0.3, -0.25) is 14.4 Å². The number of hydrogen-bond acceptors (Lipinski definition) is 4. The predicted octanol–water partition coefficient (Wildman–Crippen LogP) is 4.62. The Balaban J connectivity index is 1.34. The number of hydrogen-bond donors (Lipinski definition) is 2. The lowest BCUT2D eigenvalue weighted by Gasteiger charge is -2.33. The minimum absolute atomic E-state index is 0.0157. The lowest BCUT2D eigenvalue weighted by atomic mass is 9.80. The summed E-state index contributed by atoms with van der Waals surface area (Å²) in [4.78, 5) is 46.2. The van der Waals surface area contributed by atoms with Crippen LogP contribution in [0.5, 0.6) is 0 Å². The zero-order chi connectivity index (χ0) is 29.1. The SMILES string of the molecule is CN(C(=O)c1cc2c(F)cc(F)c(F)c2[nH]1)C(CC1CCCC1)C(=O)N1C[C@]2(C[C@H]1C#N)C(=O)Nc1ccccc12. The summed E-state index contributed by atoms with van der Waals surface area (Å²) in [6.45, 7) is -0.0157. The molecule has 212 valence electrons. The van der Waals surface area contributed by atoms with Crippen molar-refractivity contribution >= 4 is 34.3 Å². The fraction of sp³-hybridized carbons (Fsp3) is 0.400. The number of carbonyl (C=O) groups excluding carboxylic acids is 3. The molecule has 1 unspecified atom stereocenters. The van der Waals surface area contributed by atoms with Crippen LogP contribution in [0.15, 0.2) is 36.4 Å². The first kappa shape index (κ1) is 26.9. The lowest BCUT2D eigenvalue weighted by molar-refractivity contribution is -0.136. The molecule has 3 aliphatic rings. The summed E-state index contributed by atoms with van der Waals surface area (Å²) < 4.78 is 42.5. The molecule has 11 heteroatoms. The van der Waals surface area contributed by atoms with E-state index in [2.05, 4.69) is 16.4 Å². The summed E-state index contributed by atoms with van der Waals surface area (Å²) in [7, 11) is 1.43. The van der Waals surface area contributed by atoms with Gasteiger partial charge in [-0.2, -0.15) is 5.26 Å². The van der Waals surface area contributed by atoms with E-state index < -0.39 is 52.3 Å². The van der Waals surface area contributed by atoms with Gasteiger partial charge in [-0.15, -0.1) is 0 Å². The number of aromatic nitrogens is 1.